The Labute approximate surface area is 227 Å². The summed E-state index contributed by atoms with van der Waals surface area (Å²) >= 11 is 5.61. The number of benzene rings is 3. The summed E-state index contributed by atoms with van der Waals surface area (Å²) in [4.78, 5) is 0. The molecule has 0 radical (unpaired) electrons. The molecule has 0 unspecified atom stereocenters. The molecule has 0 aliphatic heterocycles. The SMILES string of the molecule is CCCCCCc1ccc(CC[C@H]2CC[C@H](CCc3ccc(-c4cc(F)c(Cl)c(F)c4)cc3)CC2)cc1. The molecule has 1 saturated carbocycles. The Bertz CT molecular complexity index is 1070. The van der Waals surface area contributed by atoms with Gasteiger partial charge in [0.05, 0.1) is 0 Å². The second-order valence-electron chi connectivity index (χ2n) is 11.0. The van der Waals surface area contributed by atoms with Crippen LogP contribution in [0.4, 0.5) is 8.78 Å². The highest BCUT2D eigenvalue weighted by Gasteiger charge is 2.21. The lowest BCUT2D eigenvalue weighted by atomic mass is 9.77. The first-order chi connectivity index (χ1) is 18.0. The molecule has 4 rings (SSSR count). The maximum atomic E-state index is 13.8. The van der Waals surface area contributed by atoms with Crippen LogP contribution in [0.25, 0.3) is 11.1 Å². The first kappa shape index (κ1) is 27.8. The second-order valence-corrected chi connectivity index (χ2v) is 11.4. The van der Waals surface area contributed by atoms with Gasteiger partial charge in [-0.2, -0.15) is 0 Å². The van der Waals surface area contributed by atoms with Gasteiger partial charge in [-0.3, -0.25) is 0 Å². The predicted octanol–water partition coefficient (Wildman–Crippen LogP) is 10.8. The highest BCUT2D eigenvalue weighted by molar-refractivity contribution is 6.31. The maximum Gasteiger partial charge on any atom is 0.145 e. The zero-order chi connectivity index (χ0) is 26.0. The van der Waals surface area contributed by atoms with E-state index in [2.05, 4.69) is 43.3 Å². The minimum Gasteiger partial charge on any atom is -0.205 e. The normalized spacial score (nSPS) is 17.7. The van der Waals surface area contributed by atoms with Crippen LogP contribution in [-0.2, 0) is 19.3 Å². The van der Waals surface area contributed by atoms with Gasteiger partial charge in [-0.05, 0) is 90.3 Å². The molecule has 1 aliphatic rings. The van der Waals surface area contributed by atoms with Crippen LogP contribution in [0.15, 0.2) is 60.7 Å². The first-order valence-corrected chi connectivity index (χ1v) is 14.7. The van der Waals surface area contributed by atoms with Gasteiger partial charge in [0.15, 0.2) is 0 Å². The Morgan fingerprint density at radius 2 is 1.08 bits per heavy atom. The molecule has 0 saturated heterocycles. The minimum absolute atomic E-state index is 0.447. The molecule has 3 heteroatoms. The predicted molar refractivity (Wildman–Crippen MR) is 153 cm³/mol. The van der Waals surface area contributed by atoms with E-state index in [9.17, 15) is 8.78 Å². The number of aryl methyl sites for hydroxylation is 3. The standard InChI is InChI=1S/C34H41ClF2/c1-2-3-4-5-6-25-7-9-26(10-8-25)11-12-27-13-15-28(16-14-27)17-18-29-19-21-30(22-20-29)31-23-32(36)34(35)33(37)24-31/h7-10,19-24,27-28H,2-6,11-18H2,1H3/t27-,28-. The molecule has 0 nitrogen and oxygen atoms in total. The largest absolute Gasteiger partial charge is 0.205 e. The molecule has 0 atom stereocenters. The van der Waals surface area contributed by atoms with Gasteiger partial charge in [0.2, 0.25) is 0 Å². The van der Waals surface area contributed by atoms with Gasteiger partial charge in [0, 0.05) is 0 Å². The van der Waals surface area contributed by atoms with Crippen LogP contribution in [0, 0.1) is 23.5 Å². The second kappa shape index (κ2) is 14.1. The number of rotatable bonds is 12. The van der Waals surface area contributed by atoms with Crippen molar-refractivity contribution in [2.75, 3.05) is 0 Å². The number of unbranched alkanes of at least 4 members (excludes halogenated alkanes) is 3. The lowest BCUT2D eigenvalue weighted by Crippen LogP contribution is -2.15. The van der Waals surface area contributed by atoms with Gasteiger partial charge in [-0.15, -0.1) is 0 Å². The van der Waals surface area contributed by atoms with E-state index >= 15 is 0 Å². The van der Waals surface area contributed by atoms with E-state index in [1.165, 1.54) is 106 Å². The van der Waals surface area contributed by atoms with Crippen LogP contribution in [0.5, 0.6) is 0 Å². The average molecular weight is 523 g/mol. The molecule has 1 aliphatic carbocycles. The van der Waals surface area contributed by atoms with Crippen LogP contribution >= 0.6 is 11.6 Å². The lowest BCUT2D eigenvalue weighted by Gasteiger charge is -2.28. The van der Waals surface area contributed by atoms with Gasteiger partial charge in [0.1, 0.15) is 16.7 Å². The van der Waals surface area contributed by atoms with Crippen LogP contribution in [0.1, 0.15) is 87.8 Å². The molecule has 0 bridgehead atoms. The van der Waals surface area contributed by atoms with Crippen molar-refractivity contribution in [3.05, 3.63) is 94.0 Å². The van der Waals surface area contributed by atoms with Gasteiger partial charge in [0.25, 0.3) is 0 Å². The molecule has 37 heavy (non-hydrogen) atoms. The third-order valence-electron chi connectivity index (χ3n) is 8.26. The molecule has 0 heterocycles. The van der Waals surface area contributed by atoms with Gasteiger partial charge in [-0.25, -0.2) is 8.78 Å². The van der Waals surface area contributed by atoms with Gasteiger partial charge < -0.3 is 0 Å². The van der Waals surface area contributed by atoms with Crippen molar-refractivity contribution in [1.82, 2.24) is 0 Å². The van der Waals surface area contributed by atoms with Gasteiger partial charge in [-0.1, -0.05) is 112 Å². The summed E-state index contributed by atoms with van der Waals surface area (Å²) in [5.41, 5.74) is 5.59. The average Bonchev–Trinajstić information content (AvgIpc) is 2.93. The molecule has 0 N–H and O–H groups in total. The van der Waals surface area contributed by atoms with E-state index in [1.54, 1.807) is 0 Å². The third kappa shape index (κ3) is 8.40. The zero-order valence-electron chi connectivity index (χ0n) is 22.3. The topological polar surface area (TPSA) is 0 Å². The molecule has 3 aromatic carbocycles. The Balaban J connectivity index is 1.15. The van der Waals surface area contributed by atoms with Crippen LogP contribution in [0.3, 0.4) is 0 Å². The van der Waals surface area contributed by atoms with E-state index in [-0.39, 0.29) is 0 Å². The van der Waals surface area contributed by atoms with E-state index in [0.29, 0.717) is 5.56 Å². The van der Waals surface area contributed by atoms with Crippen molar-refractivity contribution in [3.63, 3.8) is 0 Å². The fourth-order valence-corrected chi connectivity index (χ4v) is 5.87. The Morgan fingerprint density at radius 1 is 0.622 bits per heavy atom. The fraction of sp³-hybridized carbons (Fsp3) is 0.471. The summed E-state index contributed by atoms with van der Waals surface area (Å²) in [5.74, 6) is 0.233. The molecule has 0 amide bonds. The summed E-state index contributed by atoms with van der Waals surface area (Å²) in [5, 5.41) is -0.447. The van der Waals surface area contributed by atoms with Crippen molar-refractivity contribution < 1.29 is 8.78 Å². The monoisotopic (exact) mass is 522 g/mol. The molecule has 0 spiro atoms. The smallest absolute Gasteiger partial charge is 0.145 e. The van der Waals surface area contributed by atoms with Crippen molar-refractivity contribution in [1.29, 1.82) is 0 Å². The summed E-state index contributed by atoms with van der Waals surface area (Å²) in [6.07, 6.45) is 16.7. The van der Waals surface area contributed by atoms with Crippen molar-refractivity contribution >= 4 is 11.6 Å². The molecule has 3 aromatic rings. The van der Waals surface area contributed by atoms with E-state index in [4.69, 9.17) is 11.6 Å². The van der Waals surface area contributed by atoms with Crippen molar-refractivity contribution in [3.8, 4) is 11.1 Å². The number of hydrogen-bond acceptors (Lipinski definition) is 0. The maximum absolute atomic E-state index is 13.8. The minimum atomic E-state index is -0.720. The molecular formula is C34H41ClF2. The van der Waals surface area contributed by atoms with E-state index in [1.807, 2.05) is 12.1 Å². The highest BCUT2D eigenvalue weighted by Crippen LogP contribution is 2.34. The molecular weight excluding hydrogens is 482 g/mol. The summed E-state index contributed by atoms with van der Waals surface area (Å²) in [6, 6.07) is 20.1. The van der Waals surface area contributed by atoms with Crippen LogP contribution < -0.4 is 0 Å². The number of hydrogen-bond donors (Lipinski definition) is 0. The van der Waals surface area contributed by atoms with Crippen molar-refractivity contribution in [2.45, 2.75) is 90.4 Å². The summed E-state index contributed by atoms with van der Waals surface area (Å²) in [7, 11) is 0. The third-order valence-corrected chi connectivity index (χ3v) is 8.62. The van der Waals surface area contributed by atoms with Gasteiger partial charge >= 0.3 is 0 Å². The summed E-state index contributed by atoms with van der Waals surface area (Å²) < 4.78 is 27.6. The Kier molecular flexibility index (Phi) is 10.6. The molecule has 0 aromatic heterocycles. The number of halogens is 3. The van der Waals surface area contributed by atoms with E-state index in [0.717, 1.165) is 23.8 Å². The summed E-state index contributed by atoms with van der Waals surface area (Å²) in [6.45, 7) is 2.27. The molecule has 198 valence electrons. The Morgan fingerprint density at radius 3 is 1.57 bits per heavy atom. The fourth-order valence-electron chi connectivity index (χ4n) is 5.76. The highest BCUT2D eigenvalue weighted by atomic mass is 35.5. The molecule has 1 fully saturated rings. The quantitative estimate of drug-likeness (QED) is 0.164. The van der Waals surface area contributed by atoms with Crippen LogP contribution in [0.2, 0.25) is 5.02 Å². The first-order valence-electron chi connectivity index (χ1n) is 14.3. The zero-order valence-corrected chi connectivity index (χ0v) is 23.0. The van der Waals surface area contributed by atoms with Crippen LogP contribution in [-0.4, -0.2) is 0 Å². The van der Waals surface area contributed by atoms with Crippen molar-refractivity contribution in [2.24, 2.45) is 11.8 Å². The Hall–Kier alpha value is -2.19. The lowest BCUT2D eigenvalue weighted by molar-refractivity contribution is 0.253. The van der Waals surface area contributed by atoms with E-state index < -0.39 is 16.7 Å².